The molecular weight excluding hydrogens is 60.1 g/mol. The van der Waals surface area contributed by atoms with E-state index in [4.69, 9.17) is 5.48 Å². The van der Waals surface area contributed by atoms with Gasteiger partial charge in [0.25, 0.3) is 0 Å². The average molecular weight is 72.1 g/mol. The molecule has 1 fully saturated rings. The van der Waals surface area contributed by atoms with Crippen LogP contribution in [0.4, 0.5) is 0 Å². The van der Waals surface area contributed by atoms with E-state index in [1.165, 1.54) is 0 Å². The molecule has 0 aliphatic heterocycles. The fourth-order valence-electron chi connectivity index (χ4n) is 0.213. The van der Waals surface area contributed by atoms with Crippen LogP contribution in [0.25, 0.3) is 0 Å². The molecule has 0 radical (unpaired) electrons. The second kappa shape index (κ2) is 0.852. The van der Waals surface area contributed by atoms with Gasteiger partial charge >= 0.3 is 0 Å². The van der Waals surface area contributed by atoms with Crippen LogP contribution in [0.1, 0.15) is 24.6 Å². The zero-order valence-corrected chi connectivity index (χ0v) is 2.91. The normalized spacial score (nSPS) is 54.0. The van der Waals surface area contributed by atoms with Crippen molar-refractivity contribution in [3.8, 4) is 0 Å². The van der Waals surface area contributed by atoms with Crippen molar-refractivity contribution in [2.24, 2.45) is 0 Å². The topological polar surface area (TPSA) is 0 Å². The van der Waals surface area contributed by atoms with Crippen molar-refractivity contribution in [3.05, 3.63) is 12.2 Å². The quantitative estimate of drug-likeness (QED) is 0.382. The summed E-state index contributed by atoms with van der Waals surface area (Å²) in [6.07, 6.45) is -3.29. The van der Waals surface area contributed by atoms with Crippen LogP contribution in [0.2, 0.25) is 0 Å². The molecule has 0 atom stereocenters. The highest BCUT2D eigenvalue weighted by molar-refractivity contribution is 5.01. The van der Waals surface area contributed by atoms with Crippen molar-refractivity contribution in [3.63, 3.8) is 0 Å². The summed E-state index contributed by atoms with van der Waals surface area (Å²) in [7, 11) is 0. The van der Waals surface area contributed by atoms with Crippen LogP contribution >= 0.6 is 0 Å². The largest absolute Gasteiger partial charge is 0.0999 e. The maximum absolute atomic E-state index is 7.07. The van der Waals surface area contributed by atoms with E-state index in [0.717, 1.165) is 0 Å². The molecule has 0 aromatic heterocycles. The summed E-state index contributed by atoms with van der Waals surface area (Å²) in [6, 6.07) is 0. The number of hydrogen-bond acceptors (Lipinski definition) is 0. The SMILES string of the molecule is [2H]C1([2H])CC(=C)C1([2H])[2H]. The van der Waals surface area contributed by atoms with Crippen LogP contribution in [0.3, 0.4) is 0 Å². The third-order valence-electron chi connectivity index (χ3n) is 0.567. The fraction of sp³-hybridized carbons (Fsp3) is 0.600. The Hall–Kier alpha value is -0.260. The fourth-order valence-corrected chi connectivity index (χ4v) is 0.213. The Morgan fingerprint density at radius 2 is 2.80 bits per heavy atom. The van der Waals surface area contributed by atoms with Crippen LogP contribution in [0.5, 0.6) is 0 Å². The van der Waals surface area contributed by atoms with Crippen molar-refractivity contribution in [1.82, 2.24) is 0 Å². The van der Waals surface area contributed by atoms with Gasteiger partial charge in [-0.15, -0.1) is 0 Å². The first-order valence-electron chi connectivity index (χ1n) is 3.56. The van der Waals surface area contributed by atoms with Crippen LogP contribution in [0, 0.1) is 0 Å². The van der Waals surface area contributed by atoms with Gasteiger partial charge in [0.1, 0.15) is 0 Å². The van der Waals surface area contributed by atoms with E-state index in [0.29, 0.717) is 5.57 Å². The molecule has 0 nitrogen and oxygen atoms in total. The van der Waals surface area contributed by atoms with Gasteiger partial charge in [0.15, 0.2) is 0 Å². The highest BCUT2D eigenvalue weighted by Gasteiger charge is 2.02. The van der Waals surface area contributed by atoms with Gasteiger partial charge in [-0.1, -0.05) is 12.2 Å². The summed E-state index contributed by atoms with van der Waals surface area (Å²) < 4.78 is 28.2. The first kappa shape index (κ1) is 0.868. The molecule has 5 heavy (non-hydrogen) atoms. The summed E-state index contributed by atoms with van der Waals surface area (Å²) in [5.74, 6) is 0. The molecule has 0 heteroatoms. The predicted molar refractivity (Wildman–Crippen MR) is 23.0 cm³/mol. The Morgan fingerprint density at radius 3 is 2.80 bits per heavy atom. The Labute approximate surface area is 38.1 Å². The predicted octanol–water partition coefficient (Wildman–Crippen LogP) is 1.73. The monoisotopic (exact) mass is 72.1 g/mol. The lowest BCUT2D eigenvalue weighted by molar-refractivity contribution is 0.667. The zero-order chi connectivity index (χ0) is 7.28. The van der Waals surface area contributed by atoms with Gasteiger partial charge in [0, 0.05) is 5.48 Å². The van der Waals surface area contributed by atoms with E-state index in [-0.39, 0.29) is 6.42 Å². The lowest BCUT2D eigenvalue weighted by atomic mass is 9.95. The van der Waals surface area contributed by atoms with E-state index in [2.05, 4.69) is 6.58 Å². The molecule has 1 aliphatic carbocycles. The molecule has 0 N–H and O–H groups in total. The van der Waals surface area contributed by atoms with E-state index in [1.807, 2.05) is 0 Å². The van der Waals surface area contributed by atoms with Crippen LogP contribution in [-0.4, -0.2) is 0 Å². The van der Waals surface area contributed by atoms with Crippen LogP contribution in [-0.2, 0) is 0 Å². The minimum atomic E-state index is -1.78. The minimum Gasteiger partial charge on any atom is -0.0999 e. The lowest BCUT2D eigenvalue weighted by Crippen LogP contribution is -1.92. The van der Waals surface area contributed by atoms with E-state index >= 15 is 0 Å². The third-order valence-corrected chi connectivity index (χ3v) is 0.567. The second-order valence-electron chi connectivity index (χ2n) is 1.08. The maximum atomic E-state index is 7.07. The molecule has 1 aliphatic rings. The standard InChI is InChI=1S/C5H8/c1-5-3-2-4-5/h1-4H2/i2D2,3D2. The Bertz CT molecular complexity index is 158. The highest BCUT2D eigenvalue weighted by Crippen LogP contribution is 2.21. The van der Waals surface area contributed by atoms with Crippen molar-refractivity contribution in [1.29, 1.82) is 0 Å². The zero-order valence-electron chi connectivity index (χ0n) is 6.91. The first-order chi connectivity index (χ1) is 3.88. The van der Waals surface area contributed by atoms with Gasteiger partial charge in [-0.3, -0.25) is 0 Å². The molecule has 1 rings (SSSR count). The van der Waals surface area contributed by atoms with Gasteiger partial charge in [-0.25, -0.2) is 0 Å². The molecule has 0 aromatic carbocycles. The molecule has 0 heterocycles. The molecule has 0 saturated heterocycles. The Kier molecular flexibility index (Phi) is 0.148. The molecule has 0 amide bonds. The van der Waals surface area contributed by atoms with Crippen LogP contribution in [0.15, 0.2) is 12.2 Å². The summed E-state index contributed by atoms with van der Waals surface area (Å²) >= 11 is 0. The van der Waals surface area contributed by atoms with Gasteiger partial charge < -0.3 is 0 Å². The van der Waals surface area contributed by atoms with Crippen molar-refractivity contribution in [2.75, 3.05) is 0 Å². The lowest BCUT2D eigenvalue weighted by Gasteiger charge is -2.11. The van der Waals surface area contributed by atoms with Gasteiger partial charge in [-0.05, 0) is 19.2 Å². The summed E-state index contributed by atoms with van der Waals surface area (Å²) in [6.45, 7) is 3.39. The first-order valence-corrected chi connectivity index (χ1v) is 1.56. The van der Waals surface area contributed by atoms with Crippen molar-refractivity contribution < 1.29 is 5.48 Å². The number of allylic oxidation sites excluding steroid dienone is 1. The smallest absolute Gasteiger partial charge is 0.0313 e. The third kappa shape index (κ3) is 0.344. The molecular formula is C5H8. The molecule has 1 saturated carbocycles. The van der Waals surface area contributed by atoms with Gasteiger partial charge in [0.2, 0.25) is 0 Å². The highest BCUT2D eigenvalue weighted by atomic mass is 14.1. The second-order valence-corrected chi connectivity index (χ2v) is 1.08. The summed E-state index contributed by atoms with van der Waals surface area (Å²) in [4.78, 5) is 0. The molecule has 0 unspecified atom stereocenters. The van der Waals surface area contributed by atoms with Crippen molar-refractivity contribution in [2.45, 2.75) is 19.2 Å². The summed E-state index contributed by atoms with van der Waals surface area (Å²) in [5.41, 5.74) is 0.368. The molecule has 0 bridgehead atoms. The molecule has 0 spiro atoms. The van der Waals surface area contributed by atoms with Crippen molar-refractivity contribution >= 4 is 0 Å². The Morgan fingerprint density at radius 1 is 2.00 bits per heavy atom. The van der Waals surface area contributed by atoms with E-state index in [9.17, 15) is 0 Å². The summed E-state index contributed by atoms with van der Waals surface area (Å²) in [5, 5.41) is 0. The van der Waals surface area contributed by atoms with E-state index in [1.54, 1.807) is 0 Å². The molecule has 28 valence electrons. The van der Waals surface area contributed by atoms with Gasteiger partial charge in [-0.2, -0.15) is 0 Å². The van der Waals surface area contributed by atoms with E-state index < -0.39 is 12.7 Å². The van der Waals surface area contributed by atoms with Gasteiger partial charge in [0.05, 0.1) is 0 Å². The average Bonchev–Trinajstić information content (AvgIpc) is 1.65. The molecule has 0 aromatic rings. The maximum Gasteiger partial charge on any atom is 0.0313 e. The number of hydrogen-bond donors (Lipinski definition) is 0. The van der Waals surface area contributed by atoms with Crippen LogP contribution < -0.4 is 0 Å². The Balaban J connectivity index is 2.82. The number of rotatable bonds is 0. The minimum absolute atomic E-state index is 0.167.